The van der Waals surface area contributed by atoms with Gasteiger partial charge < -0.3 is 10.1 Å². The number of imidazole rings is 1. The molecule has 0 amide bonds. The van der Waals surface area contributed by atoms with Crippen molar-refractivity contribution in [2.45, 2.75) is 44.1 Å². The van der Waals surface area contributed by atoms with Gasteiger partial charge in [0.15, 0.2) is 0 Å². The normalized spacial score (nSPS) is 16.8. The zero-order valence-electron chi connectivity index (χ0n) is 17.0. The van der Waals surface area contributed by atoms with Gasteiger partial charge in [-0.2, -0.15) is 4.98 Å². The number of nitrogens with one attached hydrogen (secondary N) is 1. The molecular formula is C20H19F4N7O. The smallest absolute Gasteiger partial charge is 0.280 e. The SMILES string of the molecule is COc1nc(NC2CCC(F)(F)CC2)nn2ccc(-c3cnc4ncc(C(F)F)n4c3)c12. The number of ether oxygens (including phenoxy) is 1. The molecule has 1 fully saturated rings. The number of methoxy groups -OCH3 is 1. The van der Waals surface area contributed by atoms with Crippen molar-refractivity contribution < 1.29 is 22.3 Å². The van der Waals surface area contributed by atoms with Gasteiger partial charge in [-0.25, -0.2) is 32.0 Å². The van der Waals surface area contributed by atoms with Crippen LogP contribution in [0.25, 0.3) is 22.4 Å². The maximum atomic E-state index is 13.4. The van der Waals surface area contributed by atoms with E-state index in [2.05, 4.69) is 25.4 Å². The summed E-state index contributed by atoms with van der Waals surface area (Å²) < 4.78 is 61.6. The van der Waals surface area contributed by atoms with E-state index in [0.717, 1.165) is 6.20 Å². The van der Waals surface area contributed by atoms with Gasteiger partial charge in [0.2, 0.25) is 23.5 Å². The molecule has 32 heavy (non-hydrogen) atoms. The average Bonchev–Trinajstić information content (AvgIpc) is 3.38. The van der Waals surface area contributed by atoms with Gasteiger partial charge in [-0.3, -0.25) is 4.40 Å². The van der Waals surface area contributed by atoms with Crippen LogP contribution in [0.1, 0.15) is 37.8 Å². The second-order valence-corrected chi connectivity index (χ2v) is 7.74. The van der Waals surface area contributed by atoms with Crippen molar-refractivity contribution in [2.75, 3.05) is 12.4 Å². The van der Waals surface area contributed by atoms with E-state index in [1.54, 1.807) is 16.8 Å². The Morgan fingerprint density at radius 1 is 1.19 bits per heavy atom. The van der Waals surface area contributed by atoms with Crippen LogP contribution in [-0.4, -0.2) is 48.0 Å². The molecule has 1 aliphatic carbocycles. The minimum Gasteiger partial charge on any atom is -0.479 e. The van der Waals surface area contributed by atoms with Crippen LogP contribution in [0.15, 0.2) is 30.9 Å². The zero-order chi connectivity index (χ0) is 22.5. The summed E-state index contributed by atoms with van der Waals surface area (Å²) in [4.78, 5) is 12.5. The van der Waals surface area contributed by atoms with E-state index in [0.29, 0.717) is 29.5 Å². The summed E-state index contributed by atoms with van der Waals surface area (Å²) in [5.74, 6) is -1.94. The summed E-state index contributed by atoms with van der Waals surface area (Å²) in [6, 6.07) is 1.59. The highest BCUT2D eigenvalue weighted by molar-refractivity contribution is 5.84. The third-order valence-corrected chi connectivity index (χ3v) is 5.65. The first-order valence-electron chi connectivity index (χ1n) is 10.0. The minimum absolute atomic E-state index is 0.160. The lowest BCUT2D eigenvalue weighted by Gasteiger charge is -2.28. The molecule has 0 bridgehead atoms. The van der Waals surface area contributed by atoms with Gasteiger partial charge in [0, 0.05) is 48.6 Å². The van der Waals surface area contributed by atoms with Crippen molar-refractivity contribution in [3.63, 3.8) is 0 Å². The molecule has 0 unspecified atom stereocenters. The van der Waals surface area contributed by atoms with Crippen LogP contribution in [0.5, 0.6) is 5.88 Å². The van der Waals surface area contributed by atoms with Gasteiger partial charge in [-0.1, -0.05) is 0 Å². The largest absolute Gasteiger partial charge is 0.479 e. The lowest BCUT2D eigenvalue weighted by Crippen LogP contribution is -2.32. The number of halogens is 4. The van der Waals surface area contributed by atoms with E-state index in [4.69, 9.17) is 4.74 Å². The first kappa shape index (κ1) is 20.5. The van der Waals surface area contributed by atoms with Crippen LogP contribution in [0.3, 0.4) is 0 Å². The Morgan fingerprint density at radius 2 is 1.94 bits per heavy atom. The molecule has 4 aromatic rings. The van der Waals surface area contributed by atoms with Gasteiger partial charge in [0.25, 0.3) is 6.43 Å². The summed E-state index contributed by atoms with van der Waals surface area (Å²) in [5.41, 5.74) is 1.45. The third kappa shape index (κ3) is 3.59. The summed E-state index contributed by atoms with van der Waals surface area (Å²) in [6.07, 6.45) is 3.41. The summed E-state index contributed by atoms with van der Waals surface area (Å²) >= 11 is 0. The molecular weight excluding hydrogens is 430 g/mol. The highest BCUT2D eigenvalue weighted by Gasteiger charge is 2.35. The number of rotatable bonds is 5. The number of alkyl halides is 4. The number of nitrogens with zero attached hydrogens (tertiary/aromatic N) is 6. The Kier molecular flexibility index (Phi) is 4.86. The molecule has 5 rings (SSSR count). The topological polar surface area (TPSA) is 81.6 Å². The first-order valence-corrected chi connectivity index (χ1v) is 10.0. The molecule has 4 heterocycles. The van der Waals surface area contributed by atoms with Crippen molar-refractivity contribution in [2.24, 2.45) is 0 Å². The second kappa shape index (κ2) is 7.61. The first-order chi connectivity index (χ1) is 15.3. The van der Waals surface area contributed by atoms with Crippen molar-refractivity contribution in [3.05, 3.63) is 36.5 Å². The lowest BCUT2D eigenvalue weighted by atomic mass is 9.92. The van der Waals surface area contributed by atoms with Crippen molar-refractivity contribution in [1.82, 2.24) is 29.0 Å². The van der Waals surface area contributed by atoms with Crippen LogP contribution >= 0.6 is 0 Å². The fourth-order valence-corrected chi connectivity index (χ4v) is 3.99. The molecule has 1 aliphatic rings. The number of hydrogen-bond donors (Lipinski definition) is 1. The second-order valence-electron chi connectivity index (χ2n) is 7.74. The average molecular weight is 449 g/mol. The molecule has 12 heteroatoms. The summed E-state index contributed by atoms with van der Waals surface area (Å²) in [5, 5.41) is 7.54. The maximum absolute atomic E-state index is 13.4. The molecule has 8 nitrogen and oxygen atoms in total. The molecule has 168 valence electrons. The predicted octanol–water partition coefficient (Wildman–Crippen LogP) is 4.38. The maximum Gasteiger partial charge on any atom is 0.280 e. The summed E-state index contributed by atoms with van der Waals surface area (Å²) in [7, 11) is 1.45. The number of hydrogen-bond acceptors (Lipinski definition) is 6. The van der Waals surface area contributed by atoms with Crippen LogP contribution in [-0.2, 0) is 0 Å². The Hall–Kier alpha value is -3.44. The standard InChI is InChI=1S/C20H19F4N7O/c1-32-17-15-13(11-8-25-19-26-9-14(16(21)22)30(19)10-11)4-7-31(15)29-18(28-17)27-12-2-5-20(23,24)6-3-12/h4,7-10,12,16H,2-3,5-6H2,1H3,(H,27,29). The molecule has 0 radical (unpaired) electrons. The van der Waals surface area contributed by atoms with Crippen LogP contribution < -0.4 is 10.1 Å². The van der Waals surface area contributed by atoms with E-state index in [-0.39, 0.29) is 42.2 Å². The molecule has 0 atom stereocenters. The van der Waals surface area contributed by atoms with Crippen molar-refractivity contribution in [3.8, 4) is 17.0 Å². The molecule has 0 aliphatic heterocycles. The van der Waals surface area contributed by atoms with E-state index >= 15 is 0 Å². The molecule has 0 spiro atoms. The third-order valence-electron chi connectivity index (χ3n) is 5.65. The van der Waals surface area contributed by atoms with E-state index in [1.807, 2.05) is 0 Å². The fraction of sp³-hybridized carbons (Fsp3) is 0.400. The molecule has 1 N–H and O–H groups in total. The van der Waals surface area contributed by atoms with Crippen LogP contribution in [0.2, 0.25) is 0 Å². The van der Waals surface area contributed by atoms with Gasteiger partial charge in [-0.05, 0) is 18.9 Å². The number of anilines is 1. The van der Waals surface area contributed by atoms with Gasteiger partial charge in [0.1, 0.15) is 11.2 Å². The van der Waals surface area contributed by atoms with Crippen molar-refractivity contribution >= 4 is 17.2 Å². The van der Waals surface area contributed by atoms with Gasteiger partial charge >= 0.3 is 0 Å². The zero-order valence-corrected chi connectivity index (χ0v) is 17.0. The molecule has 0 aromatic carbocycles. The molecule has 4 aromatic heterocycles. The quantitative estimate of drug-likeness (QED) is 0.456. The van der Waals surface area contributed by atoms with Crippen LogP contribution in [0.4, 0.5) is 23.5 Å². The summed E-state index contributed by atoms with van der Waals surface area (Å²) in [6.45, 7) is 0. The highest BCUT2D eigenvalue weighted by Crippen LogP contribution is 2.35. The minimum atomic E-state index is -2.70. The lowest BCUT2D eigenvalue weighted by molar-refractivity contribution is -0.0361. The molecule has 0 saturated heterocycles. The Labute approximate surface area is 179 Å². The van der Waals surface area contributed by atoms with E-state index in [1.165, 1.54) is 23.9 Å². The highest BCUT2D eigenvalue weighted by atomic mass is 19.3. The van der Waals surface area contributed by atoms with E-state index < -0.39 is 12.3 Å². The predicted molar refractivity (Wildman–Crippen MR) is 107 cm³/mol. The Balaban J connectivity index is 1.51. The Morgan fingerprint density at radius 3 is 2.66 bits per heavy atom. The van der Waals surface area contributed by atoms with Crippen LogP contribution in [0, 0.1) is 0 Å². The van der Waals surface area contributed by atoms with Gasteiger partial charge in [0.05, 0.1) is 13.3 Å². The van der Waals surface area contributed by atoms with Gasteiger partial charge in [-0.15, -0.1) is 5.10 Å². The monoisotopic (exact) mass is 449 g/mol. The molecule has 1 saturated carbocycles. The number of aromatic nitrogens is 6. The van der Waals surface area contributed by atoms with E-state index in [9.17, 15) is 17.6 Å². The number of fused-ring (bicyclic) bond motifs is 2. The Bertz CT molecular complexity index is 1280. The van der Waals surface area contributed by atoms with Crippen molar-refractivity contribution in [1.29, 1.82) is 0 Å². The fourth-order valence-electron chi connectivity index (χ4n) is 3.99.